The van der Waals surface area contributed by atoms with E-state index in [0.717, 1.165) is 12.8 Å². The van der Waals surface area contributed by atoms with Crippen LogP contribution in [0, 0.1) is 0 Å². The highest BCUT2D eigenvalue weighted by atomic mass is 16.6. The number of carbonyl (C=O) groups excluding carboxylic acids is 5. The Morgan fingerprint density at radius 2 is 1.53 bits per heavy atom. The molecule has 0 saturated carbocycles. The van der Waals surface area contributed by atoms with Gasteiger partial charge < -0.3 is 29.3 Å². The van der Waals surface area contributed by atoms with Gasteiger partial charge in [0, 0.05) is 43.7 Å². The predicted octanol–water partition coefficient (Wildman–Crippen LogP) is 4.56. The van der Waals surface area contributed by atoms with Crippen LogP contribution in [0.2, 0.25) is 0 Å². The molecule has 2 heterocycles. The lowest BCUT2D eigenvalue weighted by atomic mass is 9.89. The van der Waals surface area contributed by atoms with Gasteiger partial charge >= 0.3 is 18.0 Å². The maximum atomic E-state index is 14.0. The number of piperazine rings is 1. The number of nitrogens with one attached hydrogen (secondary N) is 1. The molecule has 1 aliphatic carbocycles. The highest BCUT2D eigenvalue weighted by Crippen LogP contribution is 2.33. The molecular formula is C36H47N5O8. The Labute approximate surface area is 287 Å². The number of esters is 2. The lowest BCUT2D eigenvalue weighted by molar-refractivity contribution is -0.155. The molecule has 1 aromatic carbocycles. The molecule has 1 aliphatic heterocycles. The number of amides is 3. The summed E-state index contributed by atoms with van der Waals surface area (Å²) in [7, 11) is 0. The van der Waals surface area contributed by atoms with Crippen molar-refractivity contribution < 1.29 is 38.2 Å². The fourth-order valence-electron chi connectivity index (χ4n) is 5.75. The van der Waals surface area contributed by atoms with Crippen molar-refractivity contribution in [3.05, 3.63) is 53.4 Å². The molecule has 13 heteroatoms. The zero-order valence-electron chi connectivity index (χ0n) is 29.1. The molecule has 0 bridgehead atoms. The van der Waals surface area contributed by atoms with E-state index in [1.54, 1.807) is 39.5 Å². The molecule has 2 aromatic rings. The van der Waals surface area contributed by atoms with Gasteiger partial charge in [-0.25, -0.2) is 19.6 Å². The molecule has 0 radical (unpaired) electrons. The minimum atomic E-state index is -1.09. The molecule has 3 amide bonds. The summed E-state index contributed by atoms with van der Waals surface area (Å²) in [5, 5.41) is 2.82. The molecule has 264 valence electrons. The Kier molecular flexibility index (Phi) is 12.9. The number of aromatic nitrogens is 2. The summed E-state index contributed by atoms with van der Waals surface area (Å²) >= 11 is 0. The van der Waals surface area contributed by atoms with Crippen molar-refractivity contribution in [1.82, 2.24) is 25.1 Å². The maximum Gasteiger partial charge on any atom is 0.409 e. The zero-order valence-corrected chi connectivity index (χ0v) is 29.1. The third kappa shape index (κ3) is 10.3. The number of nitrogens with zero attached hydrogens (tertiary/aromatic N) is 4. The third-order valence-corrected chi connectivity index (χ3v) is 8.07. The van der Waals surface area contributed by atoms with Crippen LogP contribution < -0.4 is 5.32 Å². The first-order valence-corrected chi connectivity index (χ1v) is 17.0. The number of carbonyl (C=O) groups is 5. The summed E-state index contributed by atoms with van der Waals surface area (Å²) < 4.78 is 15.9. The molecule has 0 spiro atoms. The van der Waals surface area contributed by atoms with Crippen molar-refractivity contribution in [2.24, 2.45) is 0 Å². The fraction of sp³-hybridized carbons (Fsp3) is 0.528. The molecule has 1 atom stereocenters. The van der Waals surface area contributed by atoms with Crippen molar-refractivity contribution in [2.75, 3.05) is 39.4 Å². The summed E-state index contributed by atoms with van der Waals surface area (Å²) in [5.74, 6) is -1.64. The molecule has 1 saturated heterocycles. The van der Waals surface area contributed by atoms with Crippen molar-refractivity contribution in [2.45, 2.75) is 84.8 Å². The van der Waals surface area contributed by atoms with E-state index in [2.05, 4.69) is 10.3 Å². The SMILES string of the molecule is CCOC(=O)C1=C(c2cc(C(=O)N[C@@H](CCC(=O)OC(C)(C)C)C(=O)N3CCN(C(=O)OCC)CC3)nc(-c3ccccc3)n2)CCCC1. The van der Waals surface area contributed by atoms with Crippen molar-refractivity contribution in [3.8, 4) is 11.4 Å². The normalized spacial score (nSPS) is 15.7. The lowest BCUT2D eigenvalue weighted by Crippen LogP contribution is -2.56. The maximum absolute atomic E-state index is 14.0. The molecule has 13 nitrogen and oxygen atoms in total. The molecular weight excluding hydrogens is 630 g/mol. The highest BCUT2D eigenvalue weighted by Gasteiger charge is 2.32. The van der Waals surface area contributed by atoms with E-state index in [1.807, 2.05) is 30.3 Å². The topological polar surface area (TPSA) is 157 Å². The molecule has 4 rings (SSSR count). The summed E-state index contributed by atoms with van der Waals surface area (Å²) in [5.41, 5.74) is 1.63. The van der Waals surface area contributed by atoms with Crippen LogP contribution in [-0.2, 0) is 28.6 Å². The molecule has 49 heavy (non-hydrogen) atoms. The van der Waals surface area contributed by atoms with Gasteiger partial charge in [0.2, 0.25) is 5.91 Å². The van der Waals surface area contributed by atoms with Gasteiger partial charge in [0.1, 0.15) is 17.3 Å². The van der Waals surface area contributed by atoms with Gasteiger partial charge in [-0.15, -0.1) is 0 Å². The summed E-state index contributed by atoms with van der Waals surface area (Å²) in [6.45, 7) is 10.2. The first-order valence-electron chi connectivity index (χ1n) is 17.0. The number of benzene rings is 1. The average Bonchev–Trinajstić information content (AvgIpc) is 3.09. The van der Waals surface area contributed by atoms with Crippen molar-refractivity contribution in [1.29, 1.82) is 0 Å². The Morgan fingerprint density at radius 3 is 2.18 bits per heavy atom. The zero-order chi connectivity index (χ0) is 35.6. The summed E-state index contributed by atoms with van der Waals surface area (Å²) in [6.07, 6.45) is 2.21. The van der Waals surface area contributed by atoms with Gasteiger partial charge in [-0.3, -0.25) is 14.4 Å². The largest absolute Gasteiger partial charge is 0.463 e. The Morgan fingerprint density at radius 1 is 0.878 bits per heavy atom. The minimum absolute atomic E-state index is 0.00679. The van der Waals surface area contributed by atoms with Crippen LogP contribution >= 0.6 is 0 Å². The predicted molar refractivity (Wildman–Crippen MR) is 181 cm³/mol. The van der Waals surface area contributed by atoms with E-state index in [0.29, 0.717) is 35.2 Å². The van der Waals surface area contributed by atoms with E-state index in [1.165, 1.54) is 11.0 Å². The Hall–Kier alpha value is -4.81. The van der Waals surface area contributed by atoms with Crippen molar-refractivity contribution in [3.63, 3.8) is 0 Å². The van der Waals surface area contributed by atoms with Gasteiger partial charge in [0.15, 0.2) is 5.82 Å². The molecule has 2 aliphatic rings. The first kappa shape index (κ1) is 37.0. The number of ether oxygens (including phenoxy) is 3. The lowest BCUT2D eigenvalue weighted by Gasteiger charge is -2.36. The molecule has 1 N–H and O–H groups in total. The summed E-state index contributed by atoms with van der Waals surface area (Å²) in [6, 6.07) is 9.63. The molecule has 1 aromatic heterocycles. The van der Waals surface area contributed by atoms with Crippen LogP contribution in [0.1, 0.15) is 89.3 Å². The standard InChI is InChI=1S/C36H47N5O8/c1-6-47-34(45)26-16-12-11-15-25(26)28-23-29(38-31(37-28)24-13-9-8-10-14-24)32(43)39-27(17-18-30(42)49-36(3,4)5)33(44)40-19-21-41(22-20-40)35(46)48-7-2/h8-10,13-14,23,27H,6-7,11-12,15-22H2,1-5H3,(H,39,43)/t27-/m0/s1. The van der Waals surface area contributed by atoms with Crippen LogP contribution in [-0.4, -0.2) is 101 Å². The monoisotopic (exact) mass is 677 g/mol. The summed E-state index contributed by atoms with van der Waals surface area (Å²) in [4.78, 5) is 78.1. The number of hydrogen-bond acceptors (Lipinski definition) is 10. The minimum Gasteiger partial charge on any atom is -0.463 e. The van der Waals surface area contributed by atoms with Gasteiger partial charge in [-0.05, 0) is 78.4 Å². The molecule has 1 fully saturated rings. The second-order valence-corrected chi connectivity index (χ2v) is 12.9. The van der Waals surface area contributed by atoms with E-state index >= 15 is 0 Å². The van der Waals surface area contributed by atoms with E-state index in [-0.39, 0.29) is 63.8 Å². The van der Waals surface area contributed by atoms with Gasteiger partial charge in [-0.1, -0.05) is 30.3 Å². The van der Waals surface area contributed by atoms with Crippen LogP contribution in [0.15, 0.2) is 42.0 Å². The molecule has 0 unspecified atom stereocenters. The van der Waals surface area contributed by atoms with E-state index < -0.39 is 41.5 Å². The van der Waals surface area contributed by atoms with E-state index in [4.69, 9.17) is 19.2 Å². The smallest absolute Gasteiger partial charge is 0.409 e. The van der Waals surface area contributed by atoms with E-state index in [9.17, 15) is 24.0 Å². The van der Waals surface area contributed by atoms with Crippen LogP contribution in [0.4, 0.5) is 4.79 Å². The highest BCUT2D eigenvalue weighted by molar-refractivity contribution is 6.00. The van der Waals surface area contributed by atoms with Crippen LogP contribution in [0.3, 0.4) is 0 Å². The number of rotatable bonds is 11. The quantitative estimate of drug-likeness (QED) is 0.264. The van der Waals surface area contributed by atoms with Crippen molar-refractivity contribution >= 4 is 35.4 Å². The van der Waals surface area contributed by atoms with Crippen LogP contribution in [0.25, 0.3) is 17.0 Å². The fourth-order valence-corrected chi connectivity index (χ4v) is 5.75. The number of hydrogen-bond donors (Lipinski definition) is 1. The van der Waals surface area contributed by atoms with Gasteiger partial charge in [-0.2, -0.15) is 0 Å². The second kappa shape index (κ2) is 17.0. The Bertz CT molecular complexity index is 1540. The first-order chi connectivity index (χ1) is 23.4. The second-order valence-electron chi connectivity index (χ2n) is 12.9. The van der Waals surface area contributed by atoms with Gasteiger partial charge in [0.25, 0.3) is 5.91 Å². The average molecular weight is 678 g/mol. The number of allylic oxidation sites excluding steroid dienone is 1. The van der Waals surface area contributed by atoms with Gasteiger partial charge in [0.05, 0.1) is 18.9 Å². The van der Waals surface area contributed by atoms with Crippen LogP contribution in [0.5, 0.6) is 0 Å². The Balaban J connectivity index is 1.65. The third-order valence-electron chi connectivity index (χ3n) is 8.07.